The summed E-state index contributed by atoms with van der Waals surface area (Å²) >= 11 is 1.86. The third-order valence-corrected chi connectivity index (χ3v) is 13.1. The Morgan fingerprint density at radius 3 is 1.78 bits per heavy atom. The van der Waals surface area contributed by atoms with Crippen molar-refractivity contribution in [2.45, 2.75) is 0 Å². The van der Waals surface area contributed by atoms with Crippen LogP contribution in [0.2, 0.25) is 0 Å². The molecule has 12 aromatic rings. The molecule has 0 atom stereocenters. The molecular weight excluding hydrogens is 735 g/mol. The highest BCUT2D eigenvalue weighted by molar-refractivity contribution is 7.26. The third-order valence-electron chi connectivity index (χ3n) is 11.9. The summed E-state index contributed by atoms with van der Waals surface area (Å²) in [5, 5.41) is 9.65. The number of rotatable bonds is 6. The van der Waals surface area contributed by atoms with Crippen molar-refractivity contribution in [2.24, 2.45) is 0 Å². The normalized spacial score (nSPS) is 11.7. The molecule has 2 heterocycles. The van der Waals surface area contributed by atoms with Crippen molar-refractivity contribution in [1.29, 1.82) is 0 Å². The second-order valence-corrected chi connectivity index (χ2v) is 16.2. The number of hydrogen-bond acceptors (Lipinski definition) is 3. The maximum Gasteiger partial charge on any atom is 0.143 e. The number of furan rings is 1. The van der Waals surface area contributed by atoms with E-state index in [0.717, 1.165) is 50.1 Å². The first kappa shape index (κ1) is 33.7. The van der Waals surface area contributed by atoms with Gasteiger partial charge in [0.15, 0.2) is 0 Å². The molecule has 0 aliphatic carbocycles. The van der Waals surface area contributed by atoms with Crippen molar-refractivity contribution in [3.63, 3.8) is 0 Å². The molecule has 3 heteroatoms. The summed E-state index contributed by atoms with van der Waals surface area (Å²) in [6.45, 7) is 0. The Balaban J connectivity index is 1.18. The first-order valence-corrected chi connectivity index (χ1v) is 20.9. The smallest absolute Gasteiger partial charge is 0.143 e. The lowest BCUT2D eigenvalue weighted by atomic mass is 9.89. The summed E-state index contributed by atoms with van der Waals surface area (Å²) in [7, 11) is 0. The van der Waals surface area contributed by atoms with Gasteiger partial charge in [0.1, 0.15) is 11.2 Å². The lowest BCUT2D eigenvalue weighted by Crippen LogP contribution is -2.12. The molecule has 2 nitrogen and oxygen atoms in total. The number of nitrogens with zero attached hydrogens (tertiary/aromatic N) is 1. The highest BCUT2D eigenvalue weighted by atomic mass is 32.1. The van der Waals surface area contributed by atoms with Crippen molar-refractivity contribution in [2.75, 3.05) is 4.90 Å². The van der Waals surface area contributed by atoms with Gasteiger partial charge < -0.3 is 9.32 Å². The zero-order valence-electron chi connectivity index (χ0n) is 32.0. The van der Waals surface area contributed by atoms with E-state index in [1.54, 1.807) is 0 Å². The molecule has 276 valence electrons. The molecule has 0 fully saturated rings. The van der Waals surface area contributed by atoms with Crippen LogP contribution in [0.1, 0.15) is 0 Å². The molecule has 10 aromatic carbocycles. The van der Waals surface area contributed by atoms with Crippen LogP contribution in [0.4, 0.5) is 17.1 Å². The van der Waals surface area contributed by atoms with E-state index in [2.05, 4.69) is 211 Å². The fourth-order valence-electron chi connectivity index (χ4n) is 9.19. The topological polar surface area (TPSA) is 16.4 Å². The SMILES string of the molecule is c1ccc(-c2ccc(-c3c(N(c4cccc(-c5cccc6c5oc5ccccc56)c4)c4cccc5c4sc4ccccc45)c4ccccc4c4ccccc34)cc2)cc1. The van der Waals surface area contributed by atoms with Gasteiger partial charge in [-0.2, -0.15) is 0 Å². The standard InChI is InChI=1S/C56H35NOS/c1-2-15-36(16-3-1)37-31-33-38(34-32-37)53-46-23-6-4-19-42(46)43-20-5-7-24-47(43)54(53)57(50-28-14-27-49-45-22-9-11-30-52(45)59-56(49)50)40-18-12-17-39(35-40)41-25-13-26-48-44-21-8-10-29-51(44)58-55(41)48/h1-35H. The van der Waals surface area contributed by atoms with Crippen LogP contribution in [-0.2, 0) is 0 Å². The lowest BCUT2D eigenvalue weighted by Gasteiger charge is -2.31. The van der Waals surface area contributed by atoms with E-state index in [9.17, 15) is 0 Å². The van der Waals surface area contributed by atoms with Gasteiger partial charge in [0.25, 0.3) is 0 Å². The minimum atomic E-state index is 0.898. The molecule has 0 saturated heterocycles. The van der Waals surface area contributed by atoms with E-state index in [4.69, 9.17) is 4.42 Å². The summed E-state index contributed by atoms with van der Waals surface area (Å²) in [5.74, 6) is 0. The summed E-state index contributed by atoms with van der Waals surface area (Å²) in [5.41, 5.74) is 12.1. The molecule has 0 bridgehead atoms. The summed E-state index contributed by atoms with van der Waals surface area (Å²) < 4.78 is 9.14. The van der Waals surface area contributed by atoms with Crippen LogP contribution in [0.5, 0.6) is 0 Å². The fourth-order valence-corrected chi connectivity index (χ4v) is 10.4. The molecule has 12 rings (SSSR count). The minimum absolute atomic E-state index is 0.898. The van der Waals surface area contributed by atoms with Crippen molar-refractivity contribution in [1.82, 2.24) is 0 Å². The maximum absolute atomic E-state index is 6.61. The zero-order chi connectivity index (χ0) is 38.9. The second-order valence-electron chi connectivity index (χ2n) is 15.2. The molecule has 0 radical (unpaired) electrons. The maximum atomic E-state index is 6.61. The van der Waals surface area contributed by atoms with Gasteiger partial charge in [0, 0.05) is 48.4 Å². The fraction of sp³-hybridized carbons (Fsp3) is 0. The molecule has 0 aliphatic heterocycles. The first-order chi connectivity index (χ1) is 29.3. The Morgan fingerprint density at radius 1 is 0.373 bits per heavy atom. The Morgan fingerprint density at radius 2 is 0.949 bits per heavy atom. The minimum Gasteiger partial charge on any atom is -0.455 e. The van der Waals surface area contributed by atoms with Gasteiger partial charge in [0.05, 0.1) is 16.1 Å². The number of thiophene rings is 1. The number of para-hydroxylation sites is 2. The predicted octanol–water partition coefficient (Wildman–Crippen LogP) is 16.7. The average molecular weight is 770 g/mol. The van der Waals surface area contributed by atoms with E-state index in [-0.39, 0.29) is 0 Å². The molecule has 0 aliphatic rings. The van der Waals surface area contributed by atoms with Crippen LogP contribution in [-0.4, -0.2) is 0 Å². The van der Waals surface area contributed by atoms with E-state index in [1.807, 2.05) is 17.4 Å². The highest BCUT2D eigenvalue weighted by Gasteiger charge is 2.26. The van der Waals surface area contributed by atoms with Gasteiger partial charge in [-0.1, -0.05) is 182 Å². The van der Waals surface area contributed by atoms with Crippen LogP contribution in [0, 0.1) is 0 Å². The summed E-state index contributed by atoms with van der Waals surface area (Å²) in [6.07, 6.45) is 0. The Hall–Kier alpha value is -7.46. The van der Waals surface area contributed by atoms with Gasteiger partial charge in [-0.05, 0) is 68.7 Å². The van der Waals surface area contributed by atoms with Crippen molar-refractivity contribution >= 4 is 92.1 Å². The van der Waals surface area contributed by atoms with Crippen molar-refractivity contribution in [3.05, 3.63) is 212 Å². The largest absolute Gasteiger partial charge is 0.455 e. The van der Waals surface area contributed by atoms with E-state index >= 15 is 0 Å². The molecule has 0 saturated carbocycles. The molecular formula is C56H35NOS. The average Bonchev–Trinajstić information content (AvgIpc) is 3.89. The quantitative estimate of drug-likeness (QED) is 0.157. The van der Waals surface area contributed by atoms with Crippen LogP contribution >= 0.6 is 11.3 Å². The Labute approximate surface area is 345 Å². The van der Waals surface area contributed by atoms with Crippen LogP contribution in [0.3, 0.4) is 0 Å². The molecule has 59 heavy (non-hydrogen) atoms. The Kier molecular flexibility index (Phi) is 7.75. The molecule has 0 unspecified atom stereocenters. The predicted molar refractivity (Wildman–Crippen MR) is 253 cm³/mol. The summed E-state index contributed by atoms with van der Waals surface area (Å²) in [6, 6.07) is 77.0. The van der Waals surface area contributed by atoms with E-state index < -0.39 is 0 Å². The third kappa shape index (κ3) is 5.40. The number of fused-ring (bicyclic) bond motifs is 9. The van der Waals surface area contributed by atoms with Crippen LogP contribution in [0.25, 0.3) is 97.0 Å². The van der Waals surface area contributed by atoms with Crippen LogP contribution < -0.4 is 4.90 Å². The lowest BCUT2D eigenvalue weighted by molar-refractivity contribution is 0.670. The van der Waals surface area contributed by atoms with Gasteiger partial charge >= 0.3 is 0 Å². The van der Waals surface area contributed by atoms with Gasteiger partial charge in [-0.25, -0.2) is 0 Å². The molecule has 0 amide bonds. The van der Waals surface area contributed by atoms with Crippen LogP contribution in [0.15, 0.2) is 217 Å². The molecule has 0 N–H and O–H groups in total. The van der Waals surface area contributed by atoms with Gasteiger partial charge in [-0.3, -0.25) is 0 Å². The number of anilines is 3. The van der Waals surface area contributed by atoms with E-state index in [0.29, 0.717) is 0 Å². The second kappa shape index (κ2) is 13.6. The Bertz CT molecular complexity index is 3560. The van der Waals surface area contributed by atoms with Gasteiger partial charge in [-0.15, -0.1) is 11.3 Å². The van der Waals surface area contributed by atoms with Crippen molar-refractivity contribution in [3.8, 4) is 33.4 Å². The molecule has 0 spiro atoms. The monoisotopic (exact) mass is 769 g/mol. The summed E-state index contributed by atoms with van der Waals surface area (Å²) in [4.78, 5) is 2.54. The highest BCUT2D eigenvalue weighted by Crippen LogP contribution is 2.52. The number of hydrogen-bond donors (Lipinski definition) is 0. The zero-order valence-corrected chi connectivity index (χ0v) is 32.8. The van der Waals surface area contributed by atoms with Gasteiger partial charge in [0.2, 0.25) is 0 Å². The number of benzene rings is 10. The first-order valence-electron chi connectivity index (χ1n) is 20.1. The molecule has 2 aromatic heterocycles. The van der Waals surface area contributed by atoms with Crippen molar-refractivity contribution < 1.29 is 4.42 Å². The van der Waals surface area contributed by atoms with E-state index in [1.165, 1.54) is 64.0 Å².